The number of amides is 1. The van der Waals surface area contributed by atoms with Gasteiger partial charge >= 0.3 is 0 Å². The molecule has 3 rings (SSSR count). The van der Waals surface area contributed by atoms with E-state index in [4.69, 9.17) is 5.73 Å². The van der Waals surface area contributed by atoms with Gasteiger partial charge in [0, 0.05) is 5.92 Å². The number of nitrogens with zero attached hydrogens (tertiary/aromatic N) is 3. The summed E-state index contributed by atoms with van der Waals surface area (Å²) in [5.41, 5.74) is 6.30. The smallest absolute Gasteiger partial charge is 0.228 e. The average Bonchev–Trinajstić information content (AvgIpc) is 2.97. The van der Waals surface area contributed by atoms with E-state index in [0.717, 1.165) is 37.6 Å². The number of H-pyrrole nitrogens is 1. The Morgan fingerprint density at radius 3 is 2.90 bits per heavy atom. The van der Waals surface area contributed by atoms with E-state index >= 15 is 0 Å². The second-order valence-electron chi connectivity index (χ2n) is 5.30. The van der Waals surface area contributed by atoms with Gasteiger partial charge in [0.25, 0.3) is 0 Å². The van der Waals surface area contributed by atoms with Gasteiger partial charge in [0.15, 0.2) is 5.65 Å². The van der Waals surface area contributed by atoms with Gasteiger partial charge in [0.1, 0.15) is 12.1 Å². The van der Waals surface area contributed by atoms with Crippen molar-refractivity contribution in [1.29, 1.82) is 0 Å². The number of aromatic nitrogens is 4. The Balaban J connectivity index is 1.69. The second-order valence-corrected chi connectivity index (χ2v) is 5.30. The van der Waals surface area contributed by atoms with Crippen LogP contribution in [0.4, 0.5) is 5.82 Å². The highest BCUT2D eigenvalue weighted by atomic mass is 16.1. The van der Waals surface area contributed by atoms with Gasteiger partial charge in [0.05, 0.1) is 11.6 Å². The highest BCUT2D eigenvalue weighted by Crippen LogP contribution is 2.29. The molecule has 106 valence electrons. The number of anilines is 1. The van der Waals surface area contributed by atoms with Crippen LogP contribution < -0.4 is 11.1 Å². The fourth-order valence-corrected chi connectivity index (χ4v) is 2.74. The Morgan fingerprint density at radius 2 is 2.15 bits per heavy atom. The van der Waals surface area contributed by atoms with Crippen molar-refractivity contribution in [3.63, 3.8) is 0 Å². The van der Waals surface area contributed by atoms with Crippen LogP contribution in [0.3, 0.4) is 0 Å². The van der Waals surface area contributed by atoms with Crippen LogP contribution in [0.5, 0.6) is 0 Å². The zero-order valence-electron chi connectivity index (χ0n) is 11.2. The number of hydrogen-bond donors (Lipinski definition) is 3. The molecule has 0 saturated heterocycles. The van der Waals surface area contributed by atoms with Crippen LogP contribution in [-0.4, -0.2) is 32.6 Å². The third kappa shape index (κ3) is 2.49. The van der Waals surface area contributed by atoms with Crippen molar-refractivity contribution < 1.29 is 4.79 Å². The molecule has 20 heavy (non-hydrogen) atoms. The van der Waals surface area contributed by atoms with E-state index in [9.17, 15) is 4.79 Å². The molecule has 0 bridgehead atoms. The summed E-state index contributed by atoms with van der Waals surface area (Å²) in [4.78, 5) is 20.5. The molecule has 1 saturated carbocycles. The zero-order chi connectivity index (χ0) is 13.9. The van der Waals surface area contributed by atoms with Gasteiger partial charge in [-0.1, -0.05) is 0 Å². The third-order valence-corrected chi connectivity index (χ3v) is 4.04. The van der Waals surface area contributed by atoms with Gasteiger partial charge in [-0.15, -0.1) is 0 Å². The van der Waals surface area contributed by atoms with Crippen LogP contribution in [-0.2, 0) is 4.79 Å². The molecule has 1 aliphatic carbocycles. The lowest BCUT2D eigenvalue weighted by Gasteiger charge is -2.26. The van der Waals surface area contributed by atoms with Crippen LogP contribution in [0.15, 0.2) is 12.5 Å². The maximum absolute atomic E-state index is 12.3. The van der Waals surface area contributed by atoms with E-state index in [2.05, 4.69) is 25.5 Å². The number of aromatic amines is 1. The van der Waals surface area contributed by atoms with Crippen LogP contribution in [0, 0.1) is 11.8 Å². The quantitative estimate of drug-likeness (QED) is 0.775. The second kappa shape index (κ2) is 5.54. The summed E-state index contributed by atoms with van der Waals surface area (Å²) < 4.78 is 0. The lowest BCUT2D eigenvalue weighted by atomic mass is 9.81. The fraction of sp³-hybridized carbons (Fsp3) is 0.538. The Morgan fingerprint density at radius 1 is 1.35 bits per heavy atom. The van der Waals surface area contributed by atoms with E-state index in [1.807, 2.05) is 0 Å². The van der Waals surface area contributed by atoms with Crippen molar-refractivity contribution in [2.45, 2.75) is 25.7 Å². The van der Waals surface area contributed by atoms with Crippen molar-refractivity contribution in [1.82, 2.24) is 20.2 Å². The molecule has 7 heteroatoms. The SMILES string of the molecule is NC[C@H]1CC[C@H](C(=O)Nc2ncnc3[nH]ncc23)CC1. The van der Waals surface area contributed by atoms with E-state index < -0.39 is 0 Å². The molecule has 1 amide bonds. The number of hydrogen-bond acceptors (Lipinski definition) is 5. The average molecular weight is 274 g/mol. The van der Waals surface area contributed by atoms with Crippen molar-refractivity contribution in [2.24, 2.45) is 17.6 Å². The summed E-state index contributed by atoms with van der Waals surface area (Å²) >= 11 is 0. The first kappa shape index (κ1) is 13.0. The van der Waals surface area contributed by atoms with Gasteiger partial charge < -0.3 is 11.1 Å². The molecule has 7 nitrogen and oxygen atoms in total. The molecule has 1 fully saturated rings. The maximum atomic E-state index is 12.3. The van der Waals surface area contributed by atoms with Crippen molar-refractivity contribution in [3.05, 3.63) is 12.5 Å². The third-order valence-electron chi connectivity index (χ3n) is 4.04. The molecule has 0 atom stereocenters. The number of carbonyl (C=O) groups is 1. The van der Waals surface area contributed by atoms with Gasteiger partial charge in [-0.05, 0) is 38.1 Å². The van der Waals surface area contributed by atoms with Gasteiger partial charge in [0.2, 0.25) is 5.91 Å². The number of rotatable bonds is 3. The predicted octanol–water partition coefficient (Wildman–Crippen LogP) is 1.06. The fourth-order valence-electron chi connectivity index (χ4n) is 2.74. The first-order chi connectivity index (χ1) is 9.78. The van der Waals surface area contributed by atoms with E-state index in [0.29, 0.717) is 17.4 Å². The van der Waals surface area contributed by atoms with Crippen molar-refractivity contribution >= 4 is 22.8 Å². The lowest BCUT2D eigenvalue weighted by molar-refractivity contribution is -0.121. The van der Waals surface area contributed by atoms with E-state index in [1.165, 1.54) is 6.33 Å². The first-order valence-corrected chi connectivity index (χ1v) is 6.93. The van der Waals surface area contributed by atoms with Crippen molar-refractivity contribution in [3.8, 4) is 0 Å². The first-order valence-electron chi connectivity index (χ1n) is 6.93. The highest BCUT2D eigenvalue weighted by molar-refractivity contribution is 5.98. The topological polar surface area (TPSA) is 110 Å². The molecule has 1 aliphatic rings. The molecular formula is C13H18N6O. The molecule has 0 aliphatic heterocycles. The lowest BCUT2D eigenvalue weighted by Crippen LogP contribution is -2.29. The normalized spacial score (nSPS) is 22.9. The van der Waals surface area contributed by atoms with Crippen molar-refractivity contribution in [2.75, 3.05) is 11.9 Å². The molecule has 0 spiro atoms. The molecule has 2 aromatic rings. The molecule has 0 aromatic carbocycles. The number of nitrogens with one attached hydrogen (secondary N) is 2. The Labute approximate surface area is 116 Å². The van der Waals surface area contributed by atoms with Crippen LogP contribution in [0.1, 0.15) is 25.7 Å². The molecule has 0 unspecified atom stereocenters. The number of carbonyl (C=O) groups excluding carboxylic acids is 1. The summed E-state index contributed by atoms with van der Waals surface area (Å²) in [6.45, 7) is 0.718. The minimum Gasteiger partial charge on any atom is -0.330 e. The van der Waals surface area contributed by atoms with Gasteiger partial charge in [-0.3, -0.25) is 9.89 Å². The number of fused-ring (bicyclic) bond motifs is 1. The zero-order valence-corrected chi connectivity index (χ0v) is 11.2. The Hall–Kier alpha value is -2.02. The maximum Gasteiger partial charge on any atom is 0.228 e. The summed E-state index contributed by atoms with van der Waals surface area (Å²) in [5, 5.41) is 10.3. The molecular weight excluding hydrogens is 256 g/mol. The van der Waals surface area contributed by atoms with Crippen LogP contribution in [0.25, 0.3) is 11.0 Å². The Kier molecular flexibility index (Phi) is 3.60. The summed E-state index contributed by atoms with van der Waals surface area (Å²) in [6.07, 6.45) is 6.89. The predicted molar refractivity (Wildman–Crippen MR) is 74.8 cm³/mol. The summed E-state index contributed by atoms with van der Waals surface area (Å²) in [6, 6.07) is 0. The standard InChI is InChI=1S/C13H18N6O/c14-5-8-1-3-9(4-2-8)13(20)18-11-10-6-17-19-12(10)16-7-15-11/h6-9H,1-5,14H2,(H2,15,16,17,18,19,20)/t8-,9-. The molecule has 2 aromatic heterocycles. The molecule has 4 N–H and O–H groups in total. The van der Waals surface area contributed by atoms with E-state index in [1.54, 1.807) is 6.20 Å². The van der Waals surface area contributed by atoms with E-state index in [-0.39, 0.29) is 11.8 Å². The van der Waals surface area contributed by atoms with Gasteiger partial charge in [-0.2, -0.15) is 5.10 Å². The van der Waals surface area contributed by atoms with Crippen LogP contribution in [0.2, 0.25) is 0 Å². The minimum atomic E-state index is 0.0293. The summed E-state index contributed by atoms with van der Waals surface area (Å²) in [5.74, 6) is 1.17. The van der Waals surface area contributed by atoms with Crippen LogP contribution >= 0.6 is 0 Å². The number of nitrogens with two attached hydrogens (primary N) is 1. The van der Waals surface area contributed by atoms with Gasteiger partial charge in [-0.25, -0.2) is 9.97 Å². The Bertz CT molecular complexity index is 602. The summed E-state index contributed by atoms with van der Waals surface area (Å²) in [7, 11) is 0. The largest absolute Gasteiger partial charge is 0.330 e. The minimum absolute atomic E-state index is 0.0293. The monoisotopic (exact) mass is 274 g/mol. The molecule has 0 radical (unpaired) electrons. The highest BCUT2D eigenvalue weighted by Gasteiger charge is 2.26. The molecule has 2 heterocycles.